The molecule has 4 rings (SSSR count). The fraction of sp³-hybridized carbons (Fsp3) is 0.280. The molecular formula is C25H28N6O3. The summed E-state index contributed by atoms with van der Waals surface area (Å²) in [5, 5.41) is 9.06. The number of nitrogens with zero attached hydrogens (tertiary/aromatic N) is 5. The smallest absolute Gasteiger partial charge is 0.335 e. The van der Waals surface area contributed by atoms with Crippen molar-refractivity contribution >= 4 is 23.5 Å². The highest BCUT2D eigenvalue weighted by atomic mass is 16.4. The number of aromatic carboxylic acids is 1. The zero-order chi connectivity index (χ0) is 24.1. The Morgan fingerprint density at radius 3 is 2.24 bits per heavy atom. The summed E-state index contributed by atoms with van der Waals surface area (Å²) in [6.07, 6.45) is 3.65. The zero-order valence-electron chi connectivity index (χ0n) is 19.1. The summed E-state index contributed by atoms with van der Waals surface area (Å²) in [5.74, 6) is -0.331. The molecule has 0 unspecified atom stereocenters. The van der Waals surface area contributed by atoms with Gasteiger partial charge in [-0.1, -0.05) is 18.2 Å². The lowest BCUT2D eigenvalue weighted by molar-refractivity contribution is -0.128. The van der Waals surface area contributed by atoms with Crippen molar-refractivity contribution in [3.05, 3.63) is 72.1 Å². The van der Waals surface area contributed by atoms with E-state index >= 15 is 0 Å². The maximum Gasteiger partial charge on any atom is 0.335 e. The SMILES string of the molecule is CN(Cc1cccc(-c2cnc(N3CCN(c4ccc(C(=O)O)cc4)CC3)nc2)c1)C(=O)CN. The molecule has 3 aromatic rings. The van der Waals surface area contributed by atoms with Crippen molar-refractivity contribution in [3.8, 4) is 11.1 Å². The molecule has 1 saturated heterocycles. The van der Waals surface area contributed by atoms with Crippen LogP contribution in [0.15, 0.2) is 60.9 Å². The lowest BCUT2D eigenvalue weighted by Crippen LogP contribution is -2.47. The van der Waals surface area contributed by atoms with Gasteiger partial charge in [-0.3, -0.25) is 4.79 Å². The molecule has 3 N–H and O–H groups in total. The van der Waals surface area contributed by atoms with Gasteiger partial charge in [0.1, 0.15) is 0 Å². The molecule has 0 bridgehead atoms. The number of hydrogen-bond acceptors (Lipinski definition) is 7. The van der Waals surface area contributed by atoms with E-state index in [4.69, 9.17) is 10.8 Å². The maximum atomic E-state index is 11.7. The van der Waals surface area contributed by atoms with Crippen LogP contribution in [0.2, 0.25) is 0 Å². The largest absolute Gasteiger partial charge is 0.478 e. The molecule has 2 heterocycles. The number of carbonyl (C=O) groups is 2. The lowest BCUT2D eigenvalue weighted by atomic mass is 10.1. The van der Waals surface area contributed by atoms with Crippen LogP contribution in [0.1, 0.15) is 15.9 Å². The van der Waals surface area contributed by atoms with Crippen molar-refractivity contribution in [3.63, 3.8) is 0 Å². The molecule has 1 amide bonds. The molecule has 2 aromatic carbocycles. The summed E-state index contributed by atoms with van der Waals surface area (Å²) < 4.78 is 0. The molecule has 1 aromatic heterocycles. The molecule has 0 saturated carbocycles. The third-order valence-electron chi connectivity index (χ3n) is 5.96. The molecule has 0 radical (unpaired) electrons. The van der Waals surface area contributed by atoms with Crippen molar-refractivity contribution < 1.29 is 14.7 Å². The first kappa shape index (κ1) is 23.2. The number of nitrogens with two attached hydrogens (primary N) is 1. The van der Waals surface area contributed by atoms with Gasteiger partial charge in [0.25, 0.3) is 0 Å². The number of hydrogen-bond donors (Lipinski definition) is 2. The van der Waals surface area contributed by atoms with Gasteiger partial charge in [0, 0.05) is 63.4 Å². The number of rotatable bonds is 7. The highest BCUT2D eigenvalue weighted by molar-refractivity contribution is 5.88. The Morgan fingerprint density at radius 2 is 1.62 bits per heavy atom. The molecule has 9 nitrogen and oxygen atoms in total. The van der Waals surface area contributed by atoms with E-state index in [9.17, 15) is 9.59 Å². The molecule has 0 atom stereocenters. The maximum absolute atomic E-state index is 11.7. The minimum atomic E-state index is -0.919. The zero-order valence-corrected chi connectivity index (χ0v) is 19.1. The third kappa shape index (κ3) is 5.32. The number of carboxylic acid groups (broad SMARTS) is 1. The van der Waals surface area contributed by atoms with Gasteiger partial charge in [0.05, 0.1) is 12.1 Å². The van der Waals surface area contributed by atoms with Crippen molar-refractivity contribution in [2.24, 2.45) is 5.73 Å². The van der Waals surface area contributed by atoms with Crippen LogP contribution in [0.25, 0.3) is 11.1 Å². The fourth-order valence-corrected chi connectivity index (χ4v) is 3.98. The Labute approximate surface area is 198 Å². The van der Waals surface area contributed by atoms with Crippen LogP contribution in [0.5, 0.6) is 0 Å². The second-order valence-corrected chi connectivity index (χ2v) is 8.25. The lowest BCUT2D eigenvalue weighted by Gasteiger charge is -2.36. The van der Waals surface area contributed by atoms with E-state index in [1.54, 1.807) is 24.1 Å². The summed E-state index contributed by atoms with van der Waals surface area (Å²) >= 11 is 0. The predicted octanol–water partition coefficient (Wildman–Crippen LogP) is 2.09. The Morgan fingerprint density at radius 1 is 0.971 bits per heavy atom. The summed E-state index contributed by atoms with van der Waals surface area (Å²) in [6, 6.07) is 14.9. The minimum absolute atomic E-state index is 0.00322. The molecule has 0 aliphatic carbocycles. The van der Waals surface area contributed by atoms with Crippen molar-refractivity contribution in [2.45, 2.75) is 6.54 Å². The van der Waals surface area contributed by atoms with Gasteiger partial charge in [-0.15, -0.1) is 0 Å². The molecule has 1 fully saturated rings. The quantitative estimate of drug-likeness (QED) is 0.551. The van der Waals surface area contributed by atoms with Crippen LogP contribution in [0.3, 0.4) is 0 Å². The monoisotopic (exact) mass is 460 g/mol. The molecule has 9 heteroatoms. The van der Waals surface area contributed by atoms with Crippen LogP contribution in [0, 0.1) is 0 Å². The van der Waals surface area contributed by atoms with Gasteiger partial charge in [-0.05, 0) is 41.5 Å². The third-order valence-corrected chi connectivity index (χ3v) is 5.96. The Hall–Kier alpha value is -3.98. The van der Waals surface area contributed by atoms with Gasteiger partial charge >= 0.3 is 5.97 Å². The molecule has 176 valence electrons. The van der Waals surface area contributed by atoms with Crippen LogP contribution < -0.4 is 15.5 Å². The summed E-state index contributed by atoms with van der Waals surface area (Å²) in [7, 11) is 1.74. The Bertz CT molecular complexity index is 1140. The Kier molecular flexibility index (Phi) is 7.03. The average Bonchev–Trinajstić information content (AvgIpc) is 2.88. The van der Waals surface area contributed by atoms with Crippen LogP contribution in [0.4, 0.5) is 11.6 Å². The molecule has 34 heavy (non-hydrogen) atoms. The highest BCUT2D eigenvalue weighted by Gasteiger charge is 2.19. The van der Waals surface area contributed by atoms with Crippen LogP contribution >= 0.6 is 0 Å². The van der Waals surface area contributed by atoms with Gasteiger partial charge in [-0.25, -0.2) is 14.8 Å². The van der Waals surface area contributed by atoms with E-state index in [0.717, 1.165) is 48.6 Å². The standard InChI is InChI=1S/C25H28N6O3/c1-29(23(32)14-26)17-18-3-2-4-20(13-18)21-15-27-25(28-16-21)31-11-9-30(10-12-31)22-7-5-19(6-8-22)24(33)34/h2-8,13,15-16H,9-12,14,17,26H2,1H3,(H,33,34). The topological polar surface area (TPSA) is 116 Å². The predicted molar refractivity (Wildman–Crippen MR) is 131 cm³/mol. The fourth-order valence-electron chi connectivity index (χ4n) is 3.98. The van der Waals surface area contributed by atoms with Gasteiger partial charge in [0.15, 0.2) is 0 Å². The summed E-state index contributed by atoms with van der Waals surface area (Å²) in [4.78, 5) is 38.0. The van der Waals surface area contributed by atoms with Crippen molar-refractivity contribution in [1.82, 2.24) is 14.9 Å². The molecule has 1 aliphatic rings. The average molecular weight is 461 g/mol. The second-order valence-electron chi connectivity index (χ2n) is 8.25. The number of aromatic nitrogens is 2. The van der Waals surface area contributed by atoms with E-state index in [2.05, 4.69) is 19.8 Å². The minimum Gasteiger partial charge on any atom is -0.478 e. The summed E-state index contributed by atoms with van der Waals surface area (Å²) in [6.45, 7) is 3.64. The van der Waals surface area contributed by atoms with E-state index in [0.29, 0.717) is 12.5 Å². The number of benzene rings is 2. The first-order valence-corrected chi connectivity index (χ1v) is 11.1. The Balaban J connectivity index is 1.37. The number of carboxylic acids is 1. The second kappa shape index (κ2) is 10.3. The number of amides is 1. The van der Waals surface area contributed by atoms with Crippen molar-refractivity contribution in [2.75, 3.05) is 49.6 Å². The summed E-state index contributed by atoms with van der Waals surface area (Å²) in [5.41, 5.74) is 9.66. The van der Waals surface area contributed by atoms with E-state index in [-0.39, 0.29) is 18.0 Å². The van der Waals surface area contributed by atoms with E-state index in [1.165, 1.54) is 0 Å². The number of anilines is 2. The highest BCUT2D eigenvalue weighted by Crippen LogP contribution is 2.23. The van der Waals surface area contributed by atoms with Gasteiger partial charge in [0.2, 0.25) is 11.9 Å². The van der Waals surface area contributed by atoms with Crippen LogP contribution in [-0.2, 0) is 11.3 Å². The first-order valence-electron chi connectivity index (χ1n) is 11.1. The first-order chi connectivity index (χ1) is 16.4. The number of carbonyl (C=O) groups excluding carboxylic acids is 1. The van der Waals surface area contributed by atoms with E-state index in [1.807, 2.05) is 48.8 Å². The van der Waals surface area contributed by atoms with Crippen LogP contribution in [-0.4, -0.2) is 71.6 Å². The van der Waals surface area contributed by atoms with E-state index < -0.39 is 5.97 Å². The molecule has 1 aliphatic heterocycles. The number of piperazine rings is 1. The van der Waals surface area contributed by atoms with Gasteiger partial charge < -0.3 is 25.5 Å². The van der Waals surface area contributed by atoms with Crippen molar-refractivity contribution in [1.29, 1.82) is 0 Å². The molecular weight excluding hydrogens is 432 g/mol. The normalized spacial score (nSPS) is 13.6. The van der Waals surface area contributed by atoms with Gasteiger partial charge in [-0.2, -0.15) is 0 Å². The molecule has 0 spiro atoms. The number of likely N-dealkylation sites (N-methyl/N-ethyl adjacent to an activating group) is 1.